The highest BCUT2D eigenvalue weighted by atomic mass is 79.9. The Bertz CT molecular complexity index is 506. The number of carbonyl (C=O) groups is 2. The summed E-state index contributed by atoms with van der Waals surface area (Å²) in [5.41, 5.74) is -0.930. The molecule has 0 heterocycles. The summed E-state index contributed by atoms with van der Waals surface area (Å²) < 4.78 is 6.36. The van der Waals surface area contributed by atoms with Crippen LogP contribution in [0.3, 0.4) is 0 Å². The van der Waals surface area contributed by atoms with Gasteiger partial charge in [0, 0.05) is 11.0 Å². The lowest BCUT2D eigenvalue weighted by atomic mass is 9.88. The number of hydrogen-bond acceptors (Lipinski definition) is 3. The summed E-state index contributed by atoms with van der Waals surface area (Å²) in [6, 6.07) is 7.35. The maximum atomic E-state index is 11.7. The second-order valence-corrected chi connectivity index (χ2v) is 5.97. The van der Waals surface area contributed by atoms with Gasteiger partial charge in [-0.3, -0.25) is 9.59 Å². The number of aliphatic carboxylic acids is 1. The molecule has 0 radical (unpaired) electrons. The van der Waals surface area contributed by atoms with Crippen molar-refractivity contribution in [3.63, 3.8) is 0 Å². The number of carboxylic acid groups (broad SMARTS) is 1. The monoisotopic (exact) mass is 357 g/mol. The van der Waals surface area contributed by atoms with E-state index in [2.05, 4.69) is 21.2 Å². The molecular formula is C15H20BrNO4. The van der Waals surface area contributed by atoms with Crippen LogP contribution in [-0.4, -0.2) is 30.1 Å². The zero-order valence-electron chi connectivity index (χ0n) is 12.2. The summed E-state index contributed by atoms with van der Waals surface area (Å²) in [6.45, 7) is 3.77. The molecule has 0 saturated heterocycles. The summed E-state index contributed by atoms with van der Waals surface area (Å²) in [5.74, 6) is -0.442. The molecule has 0 aliphatic carbocycles. The number of rotatable bonds is 8. The van der Waals surface area contributed by atoms with Gasteiger partial charge in [-0.2, -0.15) is 0 Å². The second-order valence-electron chi connectivity index (χ2n) is 5.05. The van der Waals surface area contributed by atoms with E-state index in [-0.39, 0.29) is 25.5 Å². The molecule has 21 heavy (non-hydrogen) atoms. The van der Waals surface area contributed by atoms with Gasteiger partial charge in [-0.25, -0.2) is 0 Å². The van der Waals surface area contributed by atoms with Gasteiger partial charge in [-0.05, 0) is 31.5 Å². The Labute approximate surface area is 132 Å². The van der Waals surface area contributed by atoms with Crippen molar-refractivity contribution in [1.82, 2.24) is 5.32 Å². The Morgan fingerprint density at radius 1 is 1.43 bits per heavy atom. The largest absolute Gasteiger partial charge is 0.493 e. The van der Waals surface area contributed by atoms with Gasteiger partial charge in [0.05, 0.1) is 18.4 Å². The van der Waals surface area contributed by atoms with E-state index in [9.17, 15) is 9.59 Å². The van der Waals surface area contributed by atoms with E-state index in [1.165, 1.54) is 0 Å². The predicted molar refractivity (Wildman–Crippen MR) is 83.3 cm³/mol. The molecule has 1 aromatic rings. The molecule has 0 saturated carbocycles. The van der Waals surface area contributed by atoms with Crippen LogP contribution in [0, 0.1) is 5.41 Å². The molecule has 1 unspecified atom stereocenters. The molecule has 0 fully saturated rings. The molecule has 6 heteroatoms. The summed E-state index contributed by atoms with van der Waals surface area (Å²) in [5, 5.41) is 11.8. The lowest BCUT2D eigenvalue weighted by Gasteiger charge is -2.23. The van der Waals surface area contributed by atoms with Crippen molar-refractivity contribution in [1.29, 1.82) is 0 Å². The van der Waals surface area contributed by atoms with Gasteiger partial charge >= 0.3 is 5.97 Å². The fourth-order valence-electron chi connectivity index (χ4n) is 1.55. The fourth-order valence-corrected chi connectivity index (χ4v) is 1.93. The summed E-state index contributed by atoms with van der Waals surface area (Å²) in [6.07, 6.45) is 0.642. The first-order chi connectivity index (χ1) is 9.87. The summed E-state index contributed by atoms with van der Waals surface area (Å²) in [7, 11) is 0. The van der Waals surface area contributed by atoms with Crippen LogP contribution in [-0.2, 0) is 9.59 Å². The van der Waals surface area contributed by atoms with Crippen LogP contribution >= 0.6 is 15.9 Å². The molecule has 0 aliphatic rings. The average molecular weight is 358 g/mol. The quantitative estimate of drug-likeness (QED) is 0.749. The van der Waals surface area contributed by atoms with Gasteiger partial charge < -0.3 is 15.2 Å². The molecule has 0 bridgehead atoms. The predicted octanol–water partition coefficient (Wildman–Crippen LogP) is 2.84. The van der Waals surface area contributed by atoms with Crippen molar-refractivity contribution in [2.75, 3.05) is 13.2 Å². The third kappa shape index (κ3) is 5.75. The first kappa shape index (κ1) is 17.5. The Kier molecular flexibility index (Phi) is 6.68. The van der Waals surface area contributed by atoms with Gasteiger partial charge in [0.1, 0.15) is 5.75 Å². The van der Waals surface area contributed by atoms with Crippen LogP contribution < -0.4 is 10.1 Å². The van der Waals surface area contributed by atoms with Crippen molar-refractivity contribution in [3.05, 3.63) is 28.7 Å². The number of carboxylic acids is 1. The van der Waals surface area contributed by atoms with E-state index in [0.717, 1.165) is 4.47 Å². The van der Waals surface area contributed by atoms with Gasteiger partial charge in [0.2, 0.25) is 5.91 Å². The van der Waals surface area contributed by atoms with Crippen molar-refractivity contribution in [2.45, 2.75) is 26.7 Å². The number of ether oxygens (including phenoxy) is 1. The third-order valence-corrected chi connectivity index (χ3v) is 3.86. The van der Waals surface area contributed by atoms with Crippen LogP contribution in [0.15, 0.2) is 28.7 Å². The molecular weight excluding hydrogens is 338 g/mol. The lowest BCUT2D eigenvalue weighted by molar-refractivity contribution is -0.148. The van der Waals surface area contributed by atoms with E-state index in [0.29, 0.717) is 12.2 Å². The van der Waals surface area contributed by atoms with Crippen molar-refractivity contribution in [2.24, 2.45) is 5.41 Å². The molecule has 5 nitrogen and oxygen atoms in total. The van der Waals surface area contributed by atoms with Gasteiger partial charge in [-0.15, -0.1) is 0 Å². The highest BCUT2D eigenvalue weighted by Crippen LogP contribution is 2.20. The maximum Gasteiger partial charge on any atom is 0.311 e. The average Bonchev–Trinajstić information content (AvgIpc) is 2.44. The van der Waals surface area contributed by atoms with E-state index >= 15 is 0 Å². The molecule has 0 aliphatic heterocycles. The van der Waals surface area contributed by atoms with Crippen LogP contribution in [0.4, 0.5) is 0 Å². The first-order valence-corrected chi connectivity index (χ1v) is 7.55. The van der Waals surface area contributed by atoms with Crippen molar-refractivity contribution in [3.8, 4) is 5.75 Å². The molecule has 1 rings (SSSR count). The highest BCUT2D eigenvalue weighted by molar-refractivity contribution is 9.10. The van der Waals surface area contributed by atoms with Crippen LogP contribution in [0.25, 0.3) is 0 Å². The zero-order valence-corrected chi connectivity index (χ0v) is 13.8. The molecule has 0 aromatic heterocycles. The molecule has 116 valence electrons. The molecule has 0 spiro atoms. The fraction of sp³-hybridized carbons (Fsp3) is 0.467. The Hall–Kier alpha value is -1.56. The van der Waals surface area contributed by atoms with E-state index in [1.807, 2.05) is 18.2 Å². The first-order valence-electron chi connectivity index (χ1n) is 6.76. The number of amides is 1. The van der Waals surface area contributed by atoms with Crippen molar-refractivity contribution < 1.29 is 19.4 Å². The molecule has 1 aromatic carbocycles. The minimum absolute atomic E-state index is 0.120. The number of halogens is 1. The van der Waals surface area contributed by atoms with Crippen LogP contribution in [0.1, 0.15) is 26.7 Å². The normalized spacial score (nSPS) is 13.3. The Morgan fingerprint density at radius 2 is 2.14 bits per heavy atom. The van der Waals surface area contributed by atoms with Crippen LogP contribution in [0.5, 0.6) is 5.75 Å². The third-order valence-electron chi connectivity index (χ3n) is 3.37. The Balaban J connectivity index is 2.33. The van der Waals surface area contributed by atoms with Crippen LogP contribution in [0.2, 0.25) is 0 Å². The van der Waals surface area contributed by atoms with Gasteiger partial charge in [0.25, 0.3) is 0 Å². The smallest absolute Gasteiger partial charge is 0.311 e. The Morgan fingerprint density at radius 3 is 2.71 bits per heavy atom. The number of carbonyl (C=O) groups excluding carboxylic acids is 1. The van der Waals surface area contributed by atoms with E-state index < -0.39 is 11.4 Å². The number of nitrogens with one attached hydrogen (secondary N) is 1. The molecule has 1 atom stereocenters. The SMILES string of the molecule is CCC(C)(CNC(=O)CCOc1cccc(Br)c1)C(=O)O. The standard InChI is InChI=1S/C15H20BrNO4/c1-3-15(2,14(19)20)10-17-13(18)7-8-21-12-6-4-5-11(16)9-12/h4-6,9H,3,7-8,10H2,1-2H3,(H,17,18)(H,19,20). The minimum atomic E-state index is -0.930. The lowest BCUT2D eigenvalue weighted by Crippen LogP contribution is -2.40. The highest BCUT2D eigenvalue weighted by Gasteiger charge is 2.31. The molecule has 2 N–H and O–H groups in total. The van der Waals surface area contributed by atoms with Crippen molar-refractivity contribution >= 4 is 27.8 Å². The summed E-state index contributed by atoms with van der Waals surface area (Å²) in [4.78, 5) is 22.8. The van der Waals surface area contributed by atoms with Gasteiger partial charge in [0.15, 0.2) is 0 Å². The van der Waals surface area contributed by atoms with Gasteiger partial charge in [-0.1, -0.05) is 28.9 Å². The number of hydrogen-bond donors (Lipinski definition) is 2. The second kappa shape index (κ2) is 8.02. The van der Waals surface area contributed by atoms with E-state index in [4.69, 9.17) is 9.84 Å². The maximum absolute atomic E-state index is 11.7. The zero-order chi connectivity index (χ0) is 15.9. The minimum Gasteiger partial charge on any atom is -0.493 e. The number of benzene rings is 1. The molecule has 1 amide bonds. The topological polar surface area (TPSA) is 75.6 Å². The summed E-state index contributed by atoms with van der Waals surface area (Å²) >= 11 is 3.34. The van der Waals surface area contributed by atoms with E-state index in [1.54, 1.807) is 19.9 Å².